The molecule has 1 rings (SSSR count). The van der Waals surface area contributed by atoms with Crippen LogP contribution < -0.4 is 5.32 Å². The monoisotopic (exact) mass is 331 g/mol. The van der Waals surface area contributed by atoms with Gasteiger partial charge < -0.3 is 10.4 Å². The fourth-order valence-electron chi connectivity index (χ4n) is 1.48. The Morgan fingerprint density at radius 3 is 2.72 bits per heavy atom. The number of hydrogen-bond donors (Lipinski definition) is 3. The summed E-state index contributed by atoms with van der Waals surface area (Å²) in [5.41, 5.74) is 1.25. The molecule has 0 radical (unpaired) electrons. The fourth-order valence-corrected chi connectivity index (χ4v) is 2.10. The molecule has 0 fully saturated rings. The van der Waals surface area contributed by atoms with Crippen LogP contribution in [-0.4, -0.2) is 28.8 Å². The van der Waals surface area contributed by atoms with E-state index < -0.39 is 12.0 Å². The average molecular weight is 332 g/mol. The number of carboxylic acids is 1. The van der Waals surface area contributed by atoms with Gasteiger partial charge in [-0.3, -0.25) is 4.79 Å². The predicted octanol–water partition coefficient (Wildman–Crippen LogP) is 2.26. The molecule has 4 nitrogen and oxygen atoms in total. The van der Waals surface area contributed by atoms with E-state index in [0.717, 1.165) is 10.0 Å². The molecule has 0 heterocycles. The number of rotatable bonds is 5. The highest BCUT2D eigenvalue weighted by Gasteiger charge is 2.20. The molecule has 0 aromatic heterocycles. The van der Waals surface area contributed by atoms with E-state index in [1.54, 1.807) is 19.1 Å². The summed E-state index contributed by atoms with van der Waals surface area (Å²) in [7, 11) is 0. The molecule has 18 heavy (non-hydrogen) atoms. The van der Waals surface area contributed by atoms with E-state index in [1.165, 1.54) is 0 Å². The van der Waals surface area contributed by atoms with Gasteiger partial charge in [0.15, 0.2) is 0 Å². The normalized spacial score (nSPS) is 11.9. The highest BCUT2D eigenvalue weighted by Crippen LogP contribution is 2.19. The van der Waals surface area contributed by atoms with Crippen LogP contribution in [0.4, 0.5) is 0 Å². The number of benzene rings is 1. The largest absolute Gasteiger partial charge is 0.480 e. The number of halogens is 1. The first-order valence-electron chi connectivity index (χ1n) is 5.37. The van der Waals surface area contributed by atoms with Crippen molar-refractivity contribution in [3.05, 3.63) is 33.8 Å². The molecular formula is C12H14BrNO3S. The standard InChI is InChI=1S/C12H14BrNO3S/c1-7-8(3-2-4-9(7)13)11(15)14-10(5-6-18)12(16)17/h2-4,10,18H,5-6H2,1H3,(H,14,15)(H,16,17). The van der Waals surface area contributed by atoms with Crippen LogP contribution in [0.2, 0.25) is 0 Å². The number of hydrogen-bond acceptors (Lipinski definition) is 3. The molecule has 0 spiro atoms. The maximum Gasteiger partial charge on any atom is 0.326 e. The maximum absolute atomic E-state index is 12.0. The summed E-state index contributed by atoms with van der Waals surface area (Å²) in [5.74, 6) is -1.04. The van der Waals surface area contributed by atoms with Crippen LogP contribution in [0.5, 0.6) is 0 Å². The number of carbonyl (C=O) groups excluding carboxylic acids is 1. The van der Waals surface area contributed by atoms with Crippen molar-refractivity contribution >= 4 is 40.4 Å². The zero-order chi connectivity index (χ0) is 13.7. The lowest BCUT2D eigenvalue weighted by Crippen LogP contribution is -2.41. The first kappa shape index (κ1) is 15.0. The van der Waals surface area contributed by atoms with Gasteiger partial charge in [-0.05, 0) is 36.8 Å². The van der Waals surface area contributed by atoms with Gasteiger partial charge in [-0.15, -0.1) is 0 Å². The molecule has 1 atom stereocenters. The average Bonchev–Trinajstić information content (AvgIpc) is 2.31. The number of carbonyl (C=O) groups is 2. The SMILES string of the molecule is Cc1c(Br)cccc1C(=O)NC(CCS)C(=O)O. The van der Waals surface area contributed by atoms with Gasteiger partial charge in [-0.25, -0.2) is 4.79 Å². The third-order valence-corrected chi connectivity index (χ3v) is 3.65. The van der Waals surface area contributed by atoms with Crippen molar-refractivity contribution in [1.29, 1.82) is 0 Å². The van der Waals surface area contributed by atoms with Gasteiger partial charge >= 0.3 is 5.97 Å². The van der Waals surface area contributed by atoms with Gasteiger partial charge in [0, 0.05) is 10.0 Å². The Morgan fingerprint density at radius 1 is 1.50 bits per heavy atom. The Hall–Kier alpha value is -1.01. The van der Waals surface area contributed by atoms with Crippen molar-refractivity contribution in [2.75, 3.05) is 5.75 Å². The van der Waals surface area contributed by atoms with Crippen molar-refractivity contribution in [3.63, 3.8) is 0 Å². The molecule has 1 amide bonds. The molecule has 98 valence electrons. The number of amides is 1. The molecular weight excluding hydrogens is 318 g/mol. The lowest BCUT2D eigenvalue weighted by molar-refractivity contribution is -0.139. The summed E-state index contributed by atoms with van der Waals surface area (Å²) >= 11 is 7.31. The van der Waals surface area contributed by atoms with E-state index in [2.05, 4.69) is 33.9 Å². The Kier molecular flexibility index (Phi) is 5.68. The highest BCUT2D eigenvalue weighted by molar-refractivity contribution is 9.10. The van der Waals surface area contributed by atoms with Gasteiger partial charge in [0.25, 0.3) is 5.91 Å². The van der Waals surface area contributed by atoms with Gasteiger partial charge in [-0.2, -0.15) is 12.6 Å². The van der Waals surface area contributed by atoms with E-state index in [9.17, 15) is 9.59 Å². The van der Waals surface area contributed by atoms with E-state index >= 15 is 0 Å². The zero-order valence-electron chi connectivity index (χ0n) is 9.81. The highest BCUT2D eigenvalue weighted by atomic mass is 79.9. The van der Waals surface area contributed by atoms with Gasteiger partial charge in [-0.1, -0.05) is 22.0 Å². The van der Waals surface area contributed by atoms with Crippen molar-refractivity contribution in [1.82, 2.24) is 5.32 Å². The molecule has 1 aromatic carbocycles. The van der Waals surface area contributed by atoms with Crippen LogP contribution in [0.1, 0.15) is 22.3 Å². The van der Waals surface area contributed by atoms with Gasteiger partial charge in [0.05, 0.1) is 0 Å². The minimum absolute atomic E-state index is 0.289. The first-order chi connectivity index (χ1) is 8.47. The molecule has 6 heteroatoms. The molecule has 1 aromatic rings. The summed E-state index contributed by atoms with van der Waals surface area (Å²) in [5, 5.41) is 11.5. The van der Waals surface area contributed by atoms with Crippen LogP contribution in [-0.2, 0) is 4.79 Å². The molecule has 0 saturated carbocycles. The second-order valence-corrected chi connectivity index (χ2v) is 5.09. The van der Waals surface area contributed by atoms with Crippen LogP contribution in [0.25, 0.3) is 0 Å². The van der Waals surface area contributed by atoms with Crippen LogP contribution in [0.15, 0.2) is 22.7 Å². The number of nitrogens with one attached hydrogen (secondary N) is 1. The second kappa shape index (κ2) is 6.80. The Labute approximate surface area is 119 Å². The van der Waals surface area contributed by atoms with E-state index in [4.69, 9.17) is 5.11 Å². The summed E-state index contributed by atoms with van der Waals surface area (Å²) in [6.45, 7) is 1.80. The van der Waals surface area contributed by atoms with Crippen molar-refractivity contribution < 1.29 is 14.7 Å². The summed E-state index contributed by atoms with van der Waals surface area (Å²) in [4.78, 5) is 22.9. The third kappa shape index (κ3) is 3.74. The molecule has 2 N–H and O–H groups in total. The van der Waals surface area contributed by atoms with Crippen molar-refractivity contribution in [2.45, 2.75) is 19.4 Å². The fraction of sp³-hybridized carbons (Fsp3) is 0.333. The van der Waals surface area contributed by atoms with E-state index in [-0.39, 0.29) is 12.3 Å². The molecule has 1 unspecified atom stereocenters. The van der Waals surface area contributed by atoms with Crippen molar-refractivity contribution in [2.24, 2.45) is 0 Å². The Morgan fingerprint density at radius 2 is 2.17 bits per heavy atom. The van der Waals surface area contributed by atoms with Crippen molar-refractivity contribution in [3.8, 4) is 0 Å². The van der Waals surface area contributed by atoms with E-state index in [1.807, 2.05) is 6.07 Å². The number of carboxylic acid groups (broad SMARTS) is 1. The summed E-state index contributed by atoms with van der Waals surface area (Å²) < 4.78 is 0.816. The molecule has 0 bridgehead atoms. The van der Waals surface area contributed by atoms with Crippen LogP contribution in [0, 0.1) is 6.92 Å². The third-order valence-electron chi connectivity index (χ3n) is 2.53. The number of aliphatic carboxylic acids is 1. The molecule has 0 aliphatic carbocycles. The first-order valence-corrected chi connectivity index (χ1v) is 6.79. The smallest absolute Gasteiger partial charge is 0.326 e. The molecule has 0 saturated heterocycles. The number of thiol groups is 1. The van der Waals surface area contributed by atoms with Crippen LogP contribution >= 0.6 is 28.6 Å². The Balaban J connectivity index is 2.87. The lowest BCUT2D eigenvalue weighted by Gasteiger charge is -2.14. The predicted molar refractivity (Wildman–Crippen MR) is 76.2 cm³/mol. The molecule has 0 aliphatic heterocycles. The minimum atomic E-state index is -1.05. The quantitative estimate of drug-likeness (QED) is 0.725. The molecule has 0 aliphatic rings. The lowest BCUT2D eigenvalue weighted by atomic mass is 10.1. The summed E-state index contributed by atoms with van der Waals surface area (Å²) in [6, 6.07) is 4.32. The second-order valence-electron chi connectivity index (χ2n) is 3.79. The zero-order valence-corrected chi connectivity index (χ0v) is 12.3. The minimum Gasteiger partial charge on any atom is -0.480 e. The Bertz CT molecular complexity index is 465. The van der Waals surface area contributed by atoms with Gasteiger partial charge in [0.1, 0.15) is 6.04 Å². The van der Waals surface area contributed by atoms with Crippen LogP contribution in [0.3, 0.4) is 0 Å². The topological polar surface area (TPSA) is 66.4 Å². The summed E-state index contributed by atoms with van der Waals surface area (Å²) in [6.07, 6.45) is 0.289. The maximum atomic E-state index is 12.0. The van der Waals surface area contributed by atoms with E-state index in [0.29, 0.717) is 11.3 Å². The van der Waals surface area contributed by atoms with Gasteiger partial charge in [0.2, 0.25) is 0 Å².